The summed E-state index contributed by atoms with van der Waals surface area (Å²) in [6, 6.07) is 11.8. The summed E-state index contributed by atoms with van der Waals surface area (Å²) in [4.78, 5) is 41.9. The maximum Gasteiger partial charge on any atom is 0.417 e. The minimum Gasteiger partial charge on any atom is -0.482 e. The quantitative estimate of drug-likeness (QED) is 0.428. The van der Waals surface area contributed by atoms with E-state index in [0.717, 1.165) is 17.7 Å². The lowest BCUT2D eigenvalue weighted by molar-refractivity contribution is -0.139. The van der Waals surface area contributed by atoms with Crippen LogP contribution in [-0.4, -0.2) is 76.3 Å². The summed E-state index contributed by atoms with van der Waals surface area (Å²) in [5.74, 6) is -1.35. The molecule has 34 heavy (non-hydrogen) atoms. The summed E-state index contributed by atoms with van der Waals surface area (Å²) >= 11 is 0. The molecule has 1 saturated heterocycles. The molecule has 1 aromatic heterocycles. The summed E-state index contributed by atoms with van der Waals surface area (Å²) in [7, 11) is 1.72. The average molecular weight is 469 g/mol. The number of carbonyl (C=O) groups is 2. The fourth-order valence-corrected chi connectivity index (χ4v) is 4.21. The van der Waals surface area contributed by atoms with Crippen molar-refractivity contribution in [3.8, 4) is 5.75 Å². The van der Waals surface area contributed by atoms with Crippen molar-refractivity contribution in [3.05, 3.63) is 64.1 Å². The number of benzene rings is 2. The molecule has 0 saturated carbocycles. The predicted molar refractivity (Wildman–Crippen MR) is 123 cm³/mol. The van der Waals surface area contributed by atoms with Crippen molar-refractivity contribution in [1.29, 1.82) is 0 Å². The number of aliphatic hydroxyl groups is 1. The number of carbonyl (C=O) groups excluding carboxylic acids is 1. The fraction of sp³-hybridized carbons (Fsp3) is 0.375. The SMILES string of the molecule is CN(C(=O)Cc1ccc2oc(=O)[nH]c2c1)[C@H](CN1CCC(O)C1)c1cccc(OCC(=O)O)c1. The van der Waals surface area contributed by atoms with Crippen molar-refractivity contribution in [3.63, 3.8) is 0 Å². The Balaban J connectivity index is 1.55. The van der Waals surface area contributed by atoms with Gasteiger partial charge in [0.05, 0.1) is 24.1 Å². The van der Waals surface area contributed by atoms with E-state index < -0.39 is 24.4 Å². The smallest absolute Gasteiger partial charge is 0.417 e. The number of carboxylic acid groups (broad SMARTS) is 1. The molecule has 0 aliphatic carbocycles. The number of aromatic nitrogens is 1. The number of likely N-dealkylation sites (tertiary alicyclic amines) is 1. The zero-order chi connectivity index (χ0) is 24.2. The van der Waals surface area contributed by atoms with Gasteiger partial charge in [-0.25, -0.2) is 9.59 Å². The fourth-order valence-electron chi connectivity index (χ4n) is 4.21. The number of aromatic amines is 1. The number of ether oxygens (including phenoxy) is 1. The van der Waals surface area contributed by atoms with Crippen LogP contribution in [0.1, 0.15) is 23.6 Å². The van der Waals surface area contributed by atoms with Gasteiger partial charge in [-0.05, 0) is 41.8 Å². The van der Waals surface area contributed by atoms with Crippen LogP contribution in [0, 0.1) is 0 Å². The summed E-state index contributed by atoms with van der Waals surface area (Å²) < 4.78 is 10.3. The van der Waals surface area contributed by atoms with Crippen molar-refractivity contribution >= 4 is 23.0 Å². The molecule has 0 bridgehead atoms. The summed E-state index contributed by atoms with van der Waals surface area (Å²) in [6.45, 7) is 1.30. The highest BCUT2D eigenvalue weighted by Gasteiger charge is 2.28. The lowest BCUT2D eigenvalue weighted by atomic mass is 10.0. The molecule has 1 unspecified atom stereocenters. The zero-order valence-corrected chi connectivity index (χ0v) is 18.8. The highest BCUT2D eigenvalue weighted by atomic mass is 16.5. The van der Waals surface area contributed by atoms with Gasteiger partial charge >= 0.3 is 11.7 Å². The molecule has 10 nitrogen and oxygen atoms in total. The van der Waals surface area contributed by atoms with Gasteiger partial charge in [0.1, 0.15) is 5.75 Å². The van der Waals surface area contributed by atoms with E-state index in [1.54, 1.807) is 48.3 Å². The third kappa shape index (κ3) is 5.64. The Hall–Kier alpha value is -3.63. The second kappa shape index (κ2) is 10.1. The number of hydrogen-bond acceptors (Lipinski definition) is 7. The minimum atomic E-state index is -1.07. The number of aliphatic carboxylic acids is 1. The molecule has 10 heteroatoms. The Kier molecular flexibility index (Phi) is 6.99. The minimum absolute atomic E-state index is 0.119. The summed E-state index contributed by atoms with van der Waals surface area (Å²) in [5.41, 5.74) is 2.49. The molecule has 2 aromatic carbocycles. The van der Waals surface area contributed by atoms with Gasteiger partial charge in [-0.15, -0.1) is 0 Å². The first-order valence-electron chi connectivity index (χ1n) is 11.0. The largest absolute Gasteiger partial charge is 0.482 e. The highest BCUT2D eigenvalue weighted by Crippen LogP contribution is 2.27. The number of rotatable bonds is 9. The van der Waals surface area contributed by atoms with Crippen LogP contribution in [-0.2, 0) is 16.0 Å². The van der Waals surface area contributed by atoms with E-state index >= 15 is 0 Å². The molecular formula is C24H27N3O7. The van der Waals surface area contributed by atoms with Crippen LogP contribution in [0.5, 0.6) is 5.75 Å². The van der Waals surface area contributed by atoms with E-state index in [1.807, 2.05) is 6.07 Å². The molecule has 1 aliphatic rings. The van der Waals surface area contributed by atoms with Crippen molar-refractivity contribution in [2.75, 3.05) is 33.3 Å². The van der Waals surface area contributed by atoms with Crippen LogP contribution in [0.3, 0.4) is 0 Å². The van der Waals surface area contributed by atoms with Gasteiger partial charge in [-0.3, -0.25) is 14.7 Å². The number of aliphatic hydroxyl groups excluding tert-OH is 1. The number of fused-ring (bicyclic) bond motifs is 1. The van der Waals surface area contributed by atoms with E-state index in [-0.39, 0.29) is 18.4 Å². The second-order valence-corrected chi connectivity index (χ2v) is 8.50. The Bertz CT molecular complexity index is 1230. The number of β-amino-alcohol motifs (C(OH)–C–C–N with tert-alkyl or cyclic N) is 1. The Morgan fingerprint density at radius 2 is 2.12 bits per heavy atom. The van der Waals surface area contributed by atoms with E-state index in [0.29, 0.717) is 36.4 Å². The van der Waals surface area contributed by atoms with Crippen molar-refractivity contribution in [2.45, 2.75) is 25.0 Å². The van der Waals surface area contributed by atoms with Gasteiger partial charge < -0.3 is 24.3 Å². The zero-order valence-electron chi connectivity index (χ0n) is 18.8. The van der Waals surface area contributed by atoms with Crippen LogP contribution in [0.25, 0.3) is 11.1 Å². The summed E-state index contributed by atoms with van der Waals surface area (Å²) in [5, 5.41) is 18.9. The van der Waals surface area contributed by atoms with Crippen LogP contribution in [0.15, 0.2) is 51.7 Å². The first-order valence-corrected chi connectivity index (χ1v) is 11.0. The average Bonchev–Trinajstić information content (AvgIpc) is 3.39. The lowest BCUT2D eigenvalue weighted by Gasteiger charge is -2.32. The number of hydrogen-bond donors (Lipinski definition) is 3. The van der Waals surface area contributed by atoms with Crippen molar-refractivity contribution < 1.29 is 29.0 Å². The summed E-state index contributed by atoms with van der Waals surface area (Å²) in [6.07, 6.45) is 0.402. The molecule has 0 spiro atoms. The molecular weight excluding hydrogens is 442 g/mol. The number of nitrogens with one attached hydrogen (secondary N) is 1. The molecule has 4 rings (SSSR count). The number of carboxylic acids is 1. The molecule has 2 atom stereocenters. The van der Waals surface area contributed by atoms with Crippen molar-refractivity contribution in [2.24, 2.45) is 0 Å². The first-order chi connectivity index (χ1) is 16.3. The van der Waals surface area contributed by atoms with Gasteiger partial charge in [-0.2, -0.15) is 0 Å². The molecule has 180 valence electrons. The molecule has 1 amide bonds. The topological polar surface area (TPSA) is 136 Å². The number of likely N-dealkylation sites (N-methyl/N-ethyl adjacent to an activating group) is 1. The normalized spacial score (nSPS) is 17.1. The lowest BCUT2D eigenvalue weighted by Crippen LogP contribution is -2.39. The Morgan fingerprint density at radius 1 is 1.29 bits per heavy atom. The standard InChI is InChI=1S/C24H27N3O7/c1-26(22(29)10-15-5-6-21-19(9-15)25-24(32)34-21)20(13-27-8-7-17(28)12-27)16-3-2-4-18(11-16)33-14-23(30)31/h2-6,9,11,17,20,28H,7-8,10,12-14H2,1H3,(H,25,32)(H,30,31)/t17?,20-/m1/s1. The van der Waals surface area contributed by atoms with Gasteiger partial charge in [0, 0.05) is 26.7 Å². The first kappa shape index (κ1) is 23.5. The van der Waals surface area contributed by atoms with E-state index in [4.69, 9.17) is 14.3 Å². The van der Waals surface area contributed by atoms with Gasteiger partial charge in [-0.1, -0.05) is 18.2 Å². The second-order valence-electron chi connectivity index (χ2n) is 8.50. The van der Waals surface area contributed by atoms with E-state index in [9.17, 15) is 19.5 Å². The highest BCUT2D eigenvalue weighted by molar-refractivity contribution is 5.81. The van der Waals surface area contributed by atoms with Crippen LogP contribution < -0.4 is 10.5 Å². The van der Waals surface area contributed by atoms with Gasteiger partial charge in [0.25, 0.3) is 0 Å². The maximum atomic E-state index is 13.3. The van der Waals surface area contributed by atoms with E-state index in [1.165, 1.54) is 0 Å². The third-order valence-electron chi connectivity index (χ3n) is 5.98. The Morgan fingerprint density at radius 3 is 2.85 bits per heavy atom. The monoisotopic (exact) mass is 469 g/mol. The van der Waals surface area contributed by atoms with Crippen LogP contribution in [0.2, 0.25) is 0 Å². The number of H-pyrrole nitrogens is 1. The third-order valence-corrected chi connectivity index (χ3v) is 5.98. The number of oxazole rings is 1. The molecule has 2 heterocycles. The van der Waals surface area contributed by atoms with E-state index in [2.05, 4.69) is 9.88 Å². The predicted octanol–water partition coefficient (Wildman–Crippen LogP) is 1.39. The van der Waals surface area contributed by atoms with Crippen molar-refractivity contribution in [1.82, 2.24) is 14.8 Å². The van der Waals surface area contributed by atoms with Crippen LogP contribution >= 0.6 is 0 Å². The molecule has 3 N–H and O–H groups in total. The van der Waals surface area contributed by atoms with Gasteiger partial charge in [0.15, 0.2) is 12.2 Å². The maximum absolute atomic E-state index is 13.3. The molecule has 1 aliphatic heterocycles. The molecule has 0 radical (unpaired) electrons. The van der Waals surface area contributed by atoms with Crippen LogP contribution in [0.4, 0.5) is 0 Å². The number of amides is 1. The van der Waals surface area contributed by atoms with Gasteiger partial charge in [0.2, 0.25) is 5.91 Å². The Labute approximate surface area is 195 Å². The molecule has 1 fully saturated rings. The number of nitrogens with zero attached hydrogens (tertiary/aromatic N) is 2. The molecule has 3 aromatic rings.